The van der Waals surface area contributed by atoms with Crippen molar-refractivity contribution in [1.29, 1.82) is 10.5 Å². The third-order valence-electron chi connectivity index (χ3n) is 7.55. The van der Waals surface area contributed by atoms with E-state index >= 15 is 0 Å². The Hall–Kier alpha value is -4.40. The minimum absolute atomic E-state index is 0.279. The van der Waals surface area contributed by atoms with E-state index in [1.807, 2.05) is 0 Å². The fourth-order valence-electron chi connectivity index (χ4n) is 5.39. The lowest BCUT2D eigenvalue weighted by Gasteiger charge is -2.27. The summed E-state index contributed by atoms with van der Waals surface area (Å²) in [4.78, 5) is 47.9. The van der Waals surface area contributed by atoms with E-state index in [1.165, 1.54) is 38.8 Å². The Kier molecular flexibility index (Phi) is 17.5. The molecular weight excluding hydrogens is 572 g/mol. The number of hydrogen-bond acceptors (Lipinski definition) is 10. The molecule has 2 atom stereocenters. The minimum Gasteiger partial charge on any atom is -0.478 e. The van der Waals surface area contributed by atoms with Crippen molar-refractivity contribution in [3.8, 4) is 12.1 Å². The van der Waals surface area contributed by atoms with Crippen molar-refractivity contribution in [2.75, 3.05) is 52.4 Å². The van der Waals surface area contributed by atoms with Crippen LogP contribution in [0, 0.1) is 22.7 Å². The molecular formula is C30H44N6O8. The second-order valence-corrected chi connectivity index (χ2v) is 10.7. The summed E-state index contributed by atoms with van der Waals surface area (Å²) < 4.78 is 0. The lowest BCUT2D eigenvalue weighted by atomic mass is 10.2. The van der Waals surface area contributed by atoms with Crippen LogP contribution in [0.3, 0.4) is 0 Å². The largest absolute Gasteiger partial charge is 0.478 e. The van der Waals surface area contributed by atoms with Gasteiger partial charge in [0.1, 0.15) is 18.0 Å². The average molecular weight is 617 g/mol. The summed E-state index contributed by atoms with van der Waals surface area (Å²) in [6, 6.07) is 5.69. The van der Waals surface area contributed by atoms with Crippen molar-refractivity contribution in [2.45, 2.75) is 64.5 Å². The number of allylic oxidation sites excluding steroid dienone is 1. The van der Waals surface area contributed by atoms with Crippen LogP contribution in [0.25, 0.3) is 0 Å². The molecule has 3 heterocycles. The molecule has 0 aliphatic carbocycles. The number of nitrogens with zero attached hydrogens (tertiary/aromatic N) is 6. The lowest BCUT2D eigenvalue weighted by molar-refractivity contribution is -0.134. The summed E-state index contributed by atoms with van der Waals surface area (Å²) in [5.74, 6) is -4.14. The van der Waals surface area contributed by atoms with E-state index in [1.54, 1.807) is 0 Å². The standard InChI is InChI=1S/C22H36N6.2C4H4O4/c1-19-7-3-9-25(19)11-5-13-27-15-16-28(22(27)21(17-23)18-24)14-6-12-26-10-4-8-20(26)2;2*5-3(6)1-2-4(7)8/h19-20H,3-16H2,1-2H3;2*1-2H,(H,5,6)(H,7,8). The maximum absolute atomic E-state index is 9.55. The lowest BCUT2D eigenvalue weighted by Crippen LogP contribution is -2.33. The Bertz CT molecular complexity index is 1040. The fraction of sp³-hybridized carbons (Fsp3) is 0.600. The molecule has 0 amide bonds. The number of carboxylic acids is 4. The maximum atomic E-state index is 9.55. The maximum Gasteiger partial charge on any atom is 0.328 e. The Morgan fingerprint density at radius 3 is 1.25 bits per heavy atom. The summed E-state index contributed by atoms with van der Waals surface area (Å²) in [6.07, 6.45) is 9.67. The number of carboxylic acid groups (broad SMARTS) is 4. The molecule has 0 bridgehead atoms. The molecule has 0 saturated carbocycles. The van der Waals surface area contributed by atoms with E-state index in [4.69, 9.17) is 20.4 Å². The van der Waals surface area contributed by atoms with Gasteiger partial charge in [-0.15, -0.1) is 0 Å². The molecule has 3 aliphatic heterocycles. The van der Waals surface area contributed by atoms with E-state index < -0.39 is 23.9 Å². The minimum atomic E-state index is -1.26. The van der Waals surface area contributed by atoms with Crippen molar-refractivity contribution in [3.05, 3.63) is 35.7 Å². The molecule has 0 aromatic heterocycles. The number of rotatable bonds is 12. The van der Waals surface area contributed by atoms with E-state index in [0.29, 0.717) is 36.4 Å². The molecule has 0 aromatic rings. The van der Waals surface area contributed by atoms with Crippen LogP contribution >= 0.6 is 0 Å². The van der Waals surface area contributed by atoms with Gasteiger partial charge >= 0.3 is 23.9 Å². The molecule has 0 aromatic carbocycles. The van der Waals surface area contributed by atoms with Gasteiger partial charge in [0.05, 0.1) is 0 Å². The molecule has 3 saturated heterocycles. The Morgan fingerprint density at radius 2 is 1.00 bits per heavy atom. The van der Waals surface area contributed by atoms with Crippen LogP contribution in [0.15, 0.2) is 35.7 Å². The van der Waals surface area contributed by atoms with E-state index in [2.05, 4.69) is 45.6 Å². The summed E-state index contributed by atoms with van der Waals surface area (Å²) in [7, 11) is 0. The van der Waals surface area contributed by atoms with Crippen LogP contribution in [0.4, 0.5) is 0 Å². The Morgan fingerprint density at radius 1 is 0.659 bits per heavy atom. The second kappa shape index (κ2) is 20.5. The van der Waals surface area contributed by atoms with E-state index in [9.17, 15) is 29.7 Å². The van der Waals surface area contributed by atoms with Crippen LogP contribution in [0.5, 0.6) is 0 Å². The van der Waals surface area contributed by atoms with Gasteiger partial charge in [-0.2, -0.15) is 10.5 Å². The normalized spacial score (nSPS) is 20.0. The molecule has 0 spiro atoms. The highest BCUT2D eigenvalue weighted by atomic mass is 16.4. The first kappa shape index (κ1) is 37.6. The zero-order chi connectivity index (χ0) is 33.1. The van der Waals surface area contributed by atoms with Crippen molar-refractivity contribution in [3.63, 3.8) is 0 Å². The molecule has 2 unspecified atom stereocenters. The first-order chi connectivity index (χ1) is 20.9. The van der Waals surface area contributed by atoms with Crippen LogP contribution in [-0.4, -0.2) is 128 Å². The molecule has 242 valence electrons. The van der Waals surface area contributed by atoms with Gasteiger partial charge in [0.15, 0.2) is 5.57 Å². The number of aliphatic carboxylic acids is 4. The third kappa shape index (κ3) is 14.7. The number of hydrogen-bond donors (Lipinski definition) is 4. The predicted octanol–water partition coefficient (Wildman–Crippen LogP) is 2.04. The topological polar surface area (TPSA) is 210 Å². The van der Waals surface area contributed by atoms with Gasteiger partial charge in [0.2, 0.25) is 0 Å². The van der Waals surface area contributed by atoms with Gasteiger partial charge in [-0.25, -0.2) is 19.2 Å². The van der Waals surface area contributed by atoms with Gasteiger partial charge in [-0.05, 0) is 65.5 Å². The van der Waals surface area contributed by atoms with Gasteiger partial charge in [0.25, 0.3) is 0 Å². The van der Waals surface area contributed by atoms with E-state index in [0.717, 1.165) is 57.9 Å². The highest BCUT2D eigenvalue weighted by molar-refractivity contribution is 5.90. The fourth-order valence-corrected chi connectivity index (χ4v) is 5.39. The van der Waals surface area contributed by atoms with Gasteiger partial charge in [0, 0.05) is 75.7 Å². The van der Waals surface area contributed by atoms with Crippen molar-refractivity contribution in [1.82, 2.24) is 19.6 Å². The van der Waals surface area contributed by atoms with Crippen molar-refractivity contribution in [2.24, 2.45) is 0 Å². The average Bonchev–Trinajstić information content (AvgIpc) is 3.69. The molecule has 3 rings (SSSR count). The number of nitriles is 2. The molecule has 0 radical (unpaired) electrons. The highest BCUT2D eigenvalue weighted by Gasteiger charge is 2.29. The molecule has 44 heavy (non-hydrogen) atoms. The monoisotopic (exact) mass is 616 g/mol. The Labute approximate surface area is 258 Å². The molecule has 3 fully saturated rings. The summed E-state index contributed by atoms with van der Waals surface area (Å²) in [5, 5.41) is 50.2. The van der Waals surface area contributed by atoms with E-state index in [-0.39, 0.29) is 5.57 Å². The zero-order valence-corrected chi connectivity index (χ0v) is 25.5. The van der Waals surface area contributed by atoms with Crippen LogP contribution in [0.1, 0.15) is 52.4 Å². The zero-order valence-electron chi connectivity index (χ0n) is 25.5. The molecule has 14 heteroatoms. The second-order valence-electron chi connectivity index (χ2n) is 10.7. The quantitative estimate of drug-likeness (QED) is 0.183. The van der Waals surface area contributed by atoms with Gasteiger partial charge in [-0.3, -0.25) is 0 Å². The highest BCUT2D eigenvalue weighted by Crippen LogP contribution is 2.24. The SMILES string of the molecule is CC1CCCN1CCCN1CCN(CCCN2CCCC2C)C1=C(C#N)C#N.O=C(O)C=CC(=O)O.O=C(O)C=CC(=O)O. The molecule has 4 N–H and O–H groups in total. The summed E-state index contributed by atoms with van der Waals surface area (Å²) >= 11 is 0. The Balaban J connectivity index is 0.000000498. The first-order valence-corrected chi connectivity index (χ1v) is 14.7. The van der Waals surface area contributed by atoms with Crippen molar-refractivity contribution >= 4 is 23.9 Å². The number of likely N-dealkylation sites (tertiary alicyclic amines) is 2. The third-order valence-corrected chi connectivity index (χ3v) is 7.55. The summed E-state index contributed by atoms with van der Waals surface area (Å²) in [6.45, 7) is 13.0. The van der Waals surface area contributed by atoms with Crippen LogP contribution < -0.4 is 0 Å². The molecule has 14 nitrogen and oxygen atoms in total. The predicted molar refractivity (Wildman–Crippen MR) is 160 cm³/mol. The van der Waals surface area contributed by atoms with Crippen molar-refractivity contribution < 1.29 is 39.6 Å². The molecule has 3 aliphatic rings. The summed E-state index contributed by atoms with van der Waals surface area (Å²) in [5.41, 5.74) is 0.279. The van der Waals surface area contributed by atoms with Crippen LogP contribution in [0.2, 0.25) is 0 Å². The van der Waals surface area contributed by atoms with Gasteiger partial charge < -0.3 is 40.0 Å². The van der Waals surface area contributed by atoms with Gasteiger partial charge in [-0.1, -0.05) is 0 Å². The van der Waals surface area contributed by atoms with Crippen LogP contribution in [-0.2, 0) is 19.2 Å². The first-order valence-electron chi connectivity index (χ1n) is 14.7. The number of carbonyl (C=O) groups is 4. The smallest absolute Gasteiger partial charge is 0.328 e.